The minimum Gasteiger partial charge on any atom is -0.237 e. The van der Waals surface area contributed by atoms with Gasteiger partial charge in [0.2, 0.25) is 0 Å². The number of benzene rings is 3. The van der Waals surface area contributed by atoms with E-state index in [0.717, 1.165) is 5.69 Å². The maximum Gasteiger partial charge on any atom is 0.133 e. The summed E-state index contributed by atoms with van der Waals surface area (Å²) in [6.45, 7) is -2.07. The van der Waals surface area contributed by atoms with Crippen LogP contribution in [0.4, 0.5) is 0 Å². The summed E-state index contributed by atoms with van der Waals surface area (Å²) in [6, 6.07) is 33.8. The van der Waals surface area contributed by atoms with Gasteiger partial charge in [-0.1, -0.05) is 103 Å². The number of hydrogen-bond donors (Lipinski definition) is 0. The Hall–Kier alpha value is -2.67. The van der Waals surface area contributed by atoms with Gasteiger partial charge in [-0.3, -0.25) is 0 Å². The van der Waals surface area contributed by atoms with Gasteiger partial charge in [-0.25, -0.2) is 9.97 Å². The average molecular weight is 389 g/mol. The summed E-state index contributed by atoms with van der Waals surface area (Å²) in [5, 5.41) is 4.27. The topological polar surface area (TPSA) is 25.8 Å². The van der Waals surface area contributed by atoms with Crippen LogP contribution >= 0.6 is 18.5 Å². The molecular weight excluding hydrogens is 371 g/mol. The maximum atomic E-state index is 6.15. The SMILES string of the molecule is Clc1cc(C=P(c2ccccc2)(c2ccccc2)c2ccccc2)ncn1. The minimum absolute atomic E-state index is 0.448. The highest BCUT2D eigenvalue weighted by Crippen LogP contribution is 2.44. The Morgan fingerprint density at radius 2 is 1.07 bits per heavy atom. The van der Waals surface area contributed by atoms with E-state index in [1.165, 1.54) is 22.2 Å². The molecule has 0 aliphatic rings. The Labute approximate surface area is 164 Å². The molecule has 0 saturated heterocycles. The molecule has 27 heavy (non-hydrogen) atoms. The van der Waals surface area contributed by atoms with Gasteiger partial charge >= 0.3 is 0 Å². The Bertz CT molecular complexity index is 977. The lowest BCUT2D eigenvalue weighted by molar-refractivity contribution is 1.16. The molecule has 0 atom stereocenters. The van der Waals surface area contributed by atoms with Crippen LogP contribution in [0.3, 0.4) is 0 Å². The van der Waals surface area contributed by atoms with E-state index in [2.05, 4.69) is 107 Å². The van der Waals surface area contributed by atoms with Gasteiger partial charge in [0.15, 0.2) is 0 Å². The summed E-state index contributed by atoms with van der Waals surface area (Å²) >= 11 is 6.15. The highest BCUT2D eigenvalue weighted by atomic mass is 35.5. The molecule has 0 radical (unpaired) electrons. The van der Waals surface area contributed by atoms with Crippen molar-refractivity contribution in [3.8, 4) is 0 Å². The molecular formula is C23H18ClN2P. The van der Waals surface area contributed by atoms with Crippen LogP contribution in [0.2, 0.25) is 5.15 Å². The Balaban J connectivity index is 2.13. The van der Waals surface area contributed by atoms with Crippen LogP contribution in [0.15, 0.2) is 103 Å². The predicted molar refractivity (Wildman–Crippen MR) is 117 cm³/mol. The van der Waals surface area contributed by atoms with Gasteiger partial charge in [0.25, 0.3) is 0 Å². The number of halogens is 1. The average Bonchev–Trinajstić information content (AvgIpc) is 2.74. The molecule has 0 saturated carbocycles. The second-order valence-electron chi connectivity index (χ2n) is 6.12. The van der Waals surface area contributed by atoms with E-state index >= 15 is 0 Å². The quantitative estimate of drug-likeness (QED) is 0.385. The van der Waals surface area contributed by atoms with Gasteiger partial charge in [0.05, 0.1) is 5.69 Å². The second-order valence-corrected chi connectivity index (χ2v) is 9.76. The van der Waals surface area contributed by atoms with Crippen molar-refractivity contribution >= 4 is 40.2 Å². The van der Waals surface area contributed by atoms with Crippen LogP contribution < -0.4 is 15.9 Å². The summed E-state index contributed by atoms with van der Waals surface area (Å²) in [5.41, 5.74) is 0.833. The van der Waals surface area contributed by atoms with Crippen molar-refractivity contribution in [2.24, 2.45) is 0 Å². The van der Waals surface area contributed by atoms with Gasteiger partial charge in [0.1, 0.15) is 11.5 Å². The van der Waals surface area contributed by atoms with Crippen LogP contribution in [0.5, 0.6) is 0 Å². The zero-order valence-corrected chi connectivity index (χ0v) is 16.3. The summed E-state index contributed by atoms with van der Waals surface area (Å²) in [4.78, 5) is 8.51. The van der Waals surface area contributed by atoms with Crippen molar-refractivity contribution in [3.05, 3.63) is 114 Å². The van der Waals surface area contributed by atoms with Gasteiger partial charge in [-0.05, 0) is 28.6 Å². The van der Waals surface area contributed by atoms with Crippen molar-refractivity contribution in [2.75, 3.05) is 0 Å². The van der Waals surface area contributed by atoms with Crippen LogP contribution in [-0.4, -0.2) is 15.8 Å². The third kappa shape index (κ3) is 3.60. The smallest absolute Gasteiger partial charge is 0.133 e. The maximum absolute atomic E-state index is 6.15. The molecule has 0 fully saturated rings. The van der Waals surface area contributed by atoms with E-state index in [1.54, 1.807) is 0 Å². The van der Waals surface area contributed by atoms with E-state index in [-0.39, 0.29) is 0 Å². The highest BCUT2D eigenvalue weighted by Gasteiger charge is 2.25. The summed E-state index contributed by atoms with van der Waals surface area (Å²) < 4.78 is 0. The van der Waals surface area contributed by atoms with Crippen molar-refractivity contribution in [1.29, 1.82) is 0 Å². The Kier molecular flexibility index (Phi) is 5.20. The molecule has 0 bridgehead atoms. The predicted octanol–water partition coefficient (Wildman–Crippen LogP) is 4.27. The molecule has 0 amide bonds. The molecule has 0 N–H and O–H groups in total. The molecule has 4 rings (SSSR count). The van der Waals surface area contributed by atoms with Crippen molar-refractivity contribution in [1.82, 2.24) is 9.97 Å². The van der Waals surface area contributed by atoms with Crippen molar-refractivity contribution < 1.29 is 0 Å². The van der Waals surface area contributed by atoms with E-state index in [1.807, 2.05) is 6.07 Å². The lowest BCUT2D eigenvalue weighted by Gasteiger charge is -2.28. The molecule has 1 heterocycles. The summed E-state index contributed by atoms with van der Waals surface area (Å²) in [6.07, 6.45) is 1.52. The molecule has 2 nitrogen and oxygen atoms in total. The molecule has 4 heteroatoms. The first-order valence-electron chi connectivity index (χ1n) is 8.68. The number of aromatic nitrogens is 2. The molecule has 0 aliphatic carbocycles. The summed E-state index contributed by atoms with van der Waals surface area (Å²) in [7, 11) is 0. The van der Waals surface area contributed by atoms with Crippen LogP contribution in [0.25, 0.3) is 0 Å². The molecule has 0 unspecified atom stereocenters. The Morgan fingerprint density at radius 3 is 1.48 bits per heavy atom. The molecule has 132 valence electrons. The van der Waals surface area contributed by atoms with Crippen molar-refractivity contribution in [3.63, 3.8) is 0 Å². The highest BCUT2D eigenvalue weighted by molar-refractivity contribution is 7.94. The monoisotopic (exact) mass is 388 g/mol. The molecule has 4 aromatic rings. The van der Waals surface area contributed by atoms with Gasteiger partial charge in [-0.2, -0.15) is 0 Å². The molecule has 3 aromatic carbocycles. The molecule has 1 aromatic heterocycles. The number of nitrogens with zero attached hydrogens (tertiary/aromatic N) is 2. The van der Waals surface area contributed by atoms with E-state index in [4.69, 9.17) is 11.6 Å². The summed E-state index contributed by atoms with van der Waals surface area (Å²) in [5.74, 6) is 2.28. The Morgan fingerprint density at radius 1 is 0.630 bits per heavy atom. The zero-order chi connectivity index (χ0) is 18.5. The fourth-order valence-electron chi connectivity index (χ4n) is 3.28. The standard InChI is InChI=1S/C23H18ClN2P/c24-23-16-19(25-18-26-23)17-27(20-10-4-1-5-11-20,21-12-6-2-7-13-21)22-14-8-3-9-15-22/h1-18H. The van der Waals surface area contributed by atoms with Gasteiger partial charge in [0, 0.05) is 6.07 Å². The third-order valence-corrected chi connectivity index (χ3v) is 8.67. The number of rotatable bonds is 4. The van der Waals surface area contributed by atoms with E-state index in [0.29, 0.717) is 5.15 Å². The van der Waals surface area contributed by atoms with Gasteiger partial charge < -0.3 is 0 Å². The molecule has 0 aliphatic heterocycles. The van der Waals surface area contributed by atoms with Crippen LogP contribution in [-0.2, 0) is 0 Å². The third-order valence-electron chi connectivity index (χ3n) is 4.47. The van der Waals surface area contributed by atoms with E-state index in [9.17, 15) is 0 Å². The normalized spacial score (nSPS) is 11.1. The van der Waals surface area contributed by atoms with Crippen LogP contribution in [0.1, 0.15) is 5.69 Å². The molecule has 0 spiro atoms. The lowest BCUT2D eigenvalue weighted by atomic mass is 10.4. The second kappa shape index (κ2) is 7.92. The van der Waals surface area contributed by atoms with Crippen molar-refractivity contribution in [2.45, 2.75) is 0 Å². The number of hydrogen-bond acceptors (Lipinski definition) is 2. The fourth-order valence-corrected chi connectivity index (χ4v) is 7.24. The van der Waals surface area contributed by atoms with E-state index < -0.39 is 6.89 Å². The zero-order valence-electron chi connectivity index (χ0n) is 14.6. The minimum atomic E-state index is -2.07. The first-order chi connectivity index (χ1) is 13.3. The largest absolute Gasteiger partial charge is 0.237 e. The fraction of sp³-hybridized carbons (Fsp3) is 0. The first kappa shape index (κ1) is 17.7. The van der Waals surface area contributed by atoms with Gasteiger partial charge in [-0.15, -0.1) is 0 Å². The first-order valence-corrected chi connectivity index (χ1v) is 10.9. The van der Waals surface area contributed by atoms with Crippen LogP contribution in [0, 0.1) is 0 Å². The lowest BCUT2D eigenvalue weighted by Crippen LogP contribution is -2.27.